The first-order valence-corrected chi connectivity index (χ1v) is 17.0. The van der Waals surface area contributed by atoms with E-state index in [0.717, 1.165) is 6.29 Å². The van der Waals surface area contributed by atoms with Crippen molar-refractivity contribution in [1.82, 2.24) is 0 Å². The van der Waals surface area contributed by atoms with Crippen LogP contribution in [0.3, 0.4) is 0 Å². The van der Waals surface area contributed by atoms with Gasteiger partial charge in [0.25, 0.3) is 0 Å². The minimum atomic E-state index is -2.01. The van der Waals surface area contributed by atoms with Crippen LogP contribution in [0.2, 0.25) is 13.3 Å². The summed E-state index contributed by atoms with van der Waals surface area (Å²) in [6.07, 6.45) is 9.30. The Morgan fingerprint density at radius 3 is 1.71 bits per heavy atom. The molecule has 0 aliphatic heterocycles. The van der Waals surface area contributed by atoms with E-state index in [2.05, 4.69) is 49.6 Å². The number of hydrogen-bond acceptors (Lipinski definition) is 2. The molecule has 0 bridgehead atoms. The number of carbonyl (C=O) groups is 1. The normalized spacial score (nSPS) is 10.9. The average Bonchev–Trinajstić information content (AvgIpc) is 3.03. The van der Waals surface area contributed by atoms with Crippen molar-refractivity contribution in [3.63, 3.8) is 0 Å². The molecule has 1 heterocycles. The van der Waals surface area contributed by atoms with Crippen molar-refractivity contribution in [2.45, 2.75) is 79.5 Å². The van der Waals surface area contributed by atoms with Crippen LogP contribution < -0.4 is 2.89 Å². The maximum atomic E-state index is 8.81. The van der Waals surface area contributed by atoms with E-state index in [9.17, 15) is 0 Å². The van der Waals surface area contributed by atoms with Gasteiger partial charge in [0.1, 0.15) is 6.29 Å². The topological polar surface area (TPSA) is 17.1 Å². The summed E-state index contributed by atoms with van der Waals surface area (Å²) < 4.78 is 6.67. The predicted octanol–water partition coefficient (Wildman–Crippen LogP) is 6.01. The van der Waals surface area contributed by atoms with Gasteiger partial charge in [0.2, 0.25) is 0 Å². The molecule has 0 atom stereocenters. The maximum absolute atomic E-state index is 8.81. The number of aldehydes is 1. The van der Waals surface area contributed by atoms with E-state index in [4.69, 9.17) is 4.79 Å². The molecule has 3 heteroatoms. The van der Waals surface area contributed by atoms with Gasteiger partial charge in [-0.3, -0.25) is 0 Å². The van der Waals surface area contributed by atoms with Crippen LogP contribution in [-0.2, 0) is 4.79 Å². The van der Waals surface area contributed by atoms with Crippen LogP contribution in [0.15, 0.2) is 17.5 Å². The van der Waals surface area contributed by atoms with Crippen LogP contribution >= 0.6 is 11.3 Å². The van der Waals surface area contributed by atoms with E-state index in [1.807, 2.05) is 2.89 Å². The van der Waals surface area contributed by atoms with Gasteiger partial charge in [-0.25, -0.2) is 0 Å². The van der Waals surface area contributed by atoms with Gasteiger partial charge in [0, 0.05) is 0 Å². The fourth-order valence-electron chi connectivity index (χ4n) is 2.87. The van der Waals surface area contributed by atoms with Crippen molar-refractivity contribution < 1.29 is 4.79 Å². The molecule has 0 fully saturated rings. The fraction of sp³-hybridized carbons (Fsp3) is 0.722. The zero-order valence-electron chi connectivity index (χ0n) is 14.5. The van der Waals surface area contributed by atoms with Gasteiger partial charge >= 0.3 is 123 Å². The minimum absolute atomic E-state index is 0.750. The molecule has 122 valence electrons. The Bertz CT molecular complexity index is 313. The molecule has 0 spiro atoms. The van der Waals surface area contributed by atoms with Crippen molar-refractivity contribution in [1.29, 1.82) is 0 Å². The molecule has 1 nitrogen and oxygen atoms in total. The molecule has 0 radical (unpaired) electrons. The molecule has 0 aliphatic carbocycles. The van der Waals surface area contributed by atoms with Crippen molar-refractivity contribution in [2.24, 2.45) is 0 Å². The molecule has 0 N–H and O–H groups in total. The molecule has 0 aromatic carbocycles. The zero-order chi connectivity index (χ0) is 16.0. The SMILES string of the molecule is CC=O.CCC[CH2][Sn]([CH2]CCC)([CH2]CCC)[c]1cccs1. The first kappa shape index (κ1) is 21.2. The second-order valence-electron chi connectivity index (χ2n) is 5.80. The predicted molar refractivity (Wildman–Crippen MR) is 101 cm³/mol. The molecule has 1 aromatic rings. The number of carbonyl (C=O) groups excluding carboxylic acids is 1. The summed E-state index contributed by atoms with van der Waals surface area (Å²) in [6, 6.07) is 4.76. The van der Waals surface area contributed by atoms with Gasteiger partial charge in [-0.05, 0) is 6.92 Å². The summed E-state index contributed by atoms with van der Waals surface area (Å²) in [4.78, 5) is 8.81. The summed E-state index contributed by atoms with van der Waals surface area (Å²) in [5, 5.41) is 2.31. The third kappa shape index (κ3) is 8.39. The van der Waals surface area contributed by atoms with Crippen molar-refractivity contribution in [3.05, 3.63) is 17.5 Å². The molecule has 1 rings (SSSR count). The Hall–Kier alpha value is 0.169. The first-order valence-electron chi connectivity index (χ1n) is 8.64. The van der Waals surface area contributed by atoms with E-state index >= 15 is 0 Å². The number of hydrogen-bond donors (Lipinski definition) is 0. The van der Waals surface area contributed by atoms with Crippen LogP contribution in [0, 0.1) is 0 Å². The molecule has 0 unspecified atom stereocenters. The number of rotatable bonds is 10. The van der Waals surface area contributed by atoms with E-state index in [0.29, 0.717) is 0 Å². The molecule has 0 aliphatic rings. The van der Waals surface area contributed by atoms with Gasteiger partial charge in [-0.1, -0.05) is 0 Å². The average molecular weight is 417 g/mol. The van der Waals surface area contributed by atoms with Crippen molar-refractivity contribution in [2.75, 3.05) is 0 Å². The van der Waals surface area contributed by atoms with Gasteiger partial charge in [-0.2, -0.15) is 0 Å². The fourth-order valence-corrected chi connectivity index (χ4v) is 22.7. The summed E-state index contributed by atoms with van der Waals surface area (Å²) in [6.45, 7) is 8.50. The molecule has 0 saturated heterocycles. The van der Waals surface area contributed by atoms with E-state index in [1.54, 1.807) is 13.3 Å². The summed E-state index contributed by atoms with van der Waals surface area (Å²) in [5.41, 5.74) is 0. The molecule has 0 amide bonds. The second-order valence-corrected chi connectivity index (χ2v) is 20.9. The monoisotopic (exact) mass is 418 g/mol. The van der Waals surface area contributed by atoms with Crippen LogP contribution in [0.25, 0.3) is 0 Å². The van der Waals surface area contributed by atoms with Gasteiger partial charge in [0.15, 0.2) is 0 Å². The molecular formula is C18H34OSSn. The van der Waals surface area contributed by atoms with Gasteiger partial charge in [0.05, 0.1) is 0 Å². The first-order chi connectivity index (χ1) is 10.2. The van der Waals surface area contributed by atoms with Crippen LogP contribution in [0.5, 0.6) is 0 Å². The molecule has 0 saturated carbocycles. The Morgan fingerprint density at radius 2 is 1.43 bits per heavy atom. The van der Waals surface area contributed by atoms with Crippen molar-refractivity contribution >= 4 is 38.9 Å². The van der Waals surface area contributed by atoms with Crippen molar-refractivity contribution in [3.8, 4) is 0 Å². The molecular weight excluding hydrogens is 383 g/mol. The van der Waals surface area contributed by atoms with Gasteiger partial charge in [-0.15, -0.1) is 0 Å². The van der Waals surface area contributed by atoms with E-state index < -0.39 is 18.4 Å². The molecule has 1 aromatic heterocycles. The third-order valence-corrected chi connectivity index (χ3v) is 23.3. The Kier molecular flexibility index (Phi) is 13.9. The standard InChI is InChI=1S/C4H3S.3C4H9.C2H4O.Sn/c1-2-4-5-3-1;3*1-3-4-2;1-2-3;/h1-3H;3*1,3-4H2,2H3;2H,1H3;. The summed E-state index contributed by atoms with van der Waals surface area (Å²) >= 11 is 0.0608. The van der Waals surface area contributed by atoms with E-state index in [1.165, 1.54) is 45.4 Å². The van der Waals surface area contributed by atoms with Gasteiger partial charge < -0.3 is 4.79 Å². The Labute approximate surface area is 140 Å². The molecule has 21 heavy (non-hydrogen) atoms. The van der Waals surface area contributed by atoms with Crippen LogP contribution in [0.1, 0.15) is 66.2 Å². The number of thiophene rings is 1. The Morgan fingerprint density at radius 1 is 1.00 bits per heavy atom. The van der Waals surface area contributed by atoms with Crippen LogP contribution in [0.4, 0.5) is 0 Å². The van der Waals surface area contributed by atoms with Crippen LogP contribution in [-0.4, -0.2) is 24.7 Å². The quantitative estimate of drug-likeness (QED) is 0.337. The second kappa shape index (κ2) is 13.8. The summed E-state index contributed by atoms with van der Waals surface area (Å²) in [5.74, 6) is 0. The zero-order valence-corrected chi connectivity index (χ0v) is 18.2. The van der Waals surface area contributed by atoms with E-state index in [-0.39, 0.29) is 0 Å². The number of unbranched alkanes of at least 4 members (excludes halogenated alkanes) is 3. The Balaban J connectivity index is 0.00000122. The summed E-state index contributed by atoms with van der Waals surface area (Å²) in [7, 11) is 0. The third-order valence-electron chi connectivity index (χ3n) is 4.07.